The molecular formula is C10H10ClNO. The number of hydrogen-bond donors (Lipinski definition) is 1. The van der Waals surface area contributed by atoms with Crippen LogP contribution >= 0.6 is 12.4 Å². The van der Waals surface area contributed by atoms with E-state index < -0.39 is 0 Å². The fourth-order valence-corrected chi connectivity index (χ4v) is 1.20. The van der Waals surface area contributed by atoms with Crippen LogP contribution < -0.4 is 0 Å². The van der Waals surface area contributed by atoms with Crippen LogP contribution in [0.4, 0.5) is 0 Å². The van der Waals surface area contributed by atoms with Crippen molar-refractivity contribution < 1.29 is 5.11 Å². The largest absolute Gasteiger partial charge is 0.392 e. The Kier molecular flexibility index (Phi) is 3.23. The molecule has 0 saturated carbocycles. The molecule has 0 radical (unpaired) electrons. The summed E-state index contributed by atoms with van der Waals surface area (Å²) in [7, 11) is 0. The van der Waals surface area contributed by atoms with E-state index in [0.717, 1.165) is 16.5 Å². The van der Waals surface area contributed by atoms with Crippen molar-refractivity contribution in [3.63, 3.8) is 0 Å². The molecule has 0 unspecified atom stereocenters. The van der Waals surface area contributed by atoms with Gasteiger partial charge in [0, 0.05) is 11.6 Å². The van der Waals surface area contributed by atoms with E-state index in [1.54, 1.807) is 6.20 Å². The summed E-state index contributed by atoms with van der Waals surface area (Å²) >= 11 is 0. The highest BCUT2D eigenvalue weighted by Gasteiger charge is 1.94. The molecule has 0 aliphatic heterocycles. The van der Waals surface area contributed by atoms with Gasteiger partial charge in [-0.2, -0.15) is 0 Å². The zero-order chi connectivity index (χ0) is 8.39. The second-order valence-electron chi connectivity index (χ2n) is 2.69. The second-order valence-corrected chi connectivity index (χ2v) is 2.69. The maximum absolute atomic E-state index is 8.86. The Morgan fingerprint density at radius 1 is 1.23 bits per heavy atom. The van der Waals surface area contributed by atoms with Gasteiger partial charge >= 0.3 is 0 Å². The molecule has 0 amide bonds. The average molecular weight is 196 g/mol. The lowest BCUT2D eigenvalue weighted by atomic mass is 10.2. The maximum atomic E-state index is 8.86. The van der Waals surface area contributed by atoms with Crippen LogP contribution in [0.5, 0.6) is 0 Å². The van der Waals surface area contributed by atoms with Crippen LogP contribution in [0.1, 0.15) is 5.56 Å². The second kappa shape index (κ2) is 4.21. The third-order valence-corrected chi connectivity index (χ3v) is 1.83. The molecule has 0 fully saturated rings. The van der Waals surface area contributed by atoms with Crippen molar-refractivity contribution in [1.82, 2.24) is 4.98 Å². The van der Waals surface area contributed by atoms with Gasteiger partial charge < -0.3 is 5.11 Å². The molecule has 0 saturated heterocycles. The van der Waals surface area contributed by atoms with Gasteiger partial charge in [0.15, 0.2) is 0 Å². The van der Waals surface area contributed by atoms with Gasteiger partial charge in [-0.25, -0.2) is 0 Å². The molecule has 13 heavy (non-hydrogen) atoms. The summed E-state index contributed by atoms with van der Waals surface area (Å²) in [5, 5.41) is 9.93. The molecule has 2 aromatic rings. The standard InChI is InChI=1S/C10H9NO.ClH/c12-7-8-5-9-3-1-2-4-10(9)11-6-8;/h1-6,12H,7H2;1H. The molecular weight excluding hydrogens is 186 g/mol. The van der Waals surface area contributed by atoms with E-state index >= 15 is 0 Å². The number of nitrogens with zero attached hydrogens (tertiary/aromatic N) is 1. The van der Waals surface area contributed by atoms with Crippen molar-refractivity contribution >= 4 is 23.3 Å². The molecule has 2 nitrogen and oxygen atoms in total. The molecule has 0 aliphatic rings. The van der Waals surface area contributed by atoms with Gasteiger partial charge in [0.2, 0.25) is 0 Å². The Morgan fingerprint density at radius 2 is 2.00 bits per heavy atom. The monoisotopic (exact) mass is 195 g/mol. The Hall–Kier alpha value is -1.12. The van der Waals surface area contributed by atoms with E-state index in [2.05, 4.69) is 4.98 Å². The van der Waals surface area contributed by atoms with Crippen LogP contribution in [-0.2, 0) is 6.61 Å². The predicted molar refractivity (Wildman–Crippen MR) is 54.9 cm³/mol. The molecule has 0 bridgehead atoms. The molecule has 1 aromatic heterocycles. The highest BCUT2D eigenvalue weighted by atomic mass is 35.5. The van der Waals surface area contributed by atoms with Gasteiger partial charge in [0.25, 0.3) is 0 Å². The molecule has 0 aliphatic carbocycles. The van der Waals surface area contributed by atoms with Crippen LogP contribution in [0.3, 0.4) is 0 Å². The third kappa shape index (κ3) is 1.97. The first-order valence-electron chi connectivity index (χ1n) is 3.84. The molecule has 3 heteroatoms. The number of benzene rings is 1. The first kappa shape index (κ1) is 9.96. The summed E-state index contributed by atoms with van der Waals surface area (Å²) < 4.78 is 0. The zero-order valence-electron chi connectivity index (χ0n) is 6.97. The van der Waals surface area contributed by atoms with Gasteiger partial charge in [-0.3, -0.25) is 4.98 Å². The number of halogens is 1. The van der Waals surface area contributed by atoms with E-state index in [4.69, 9.17) is 5.11 Å². The van der Waals surface area contributed by atoms with Crippen LogP contribution in [-0.4, -0.2) is 10.1 Å². The summed E-state index contributed by atoms with van der Waals surface area (Å²) in [4.78, 5) is 4.19. The van der Waals surface area contributed by atoms with E-state index in [0.29, 0.717) is 0 Å². The number of pyridine rings is 1. The smallest absolute Gasteiger partial charge is 0.0702 e. The summed E-state index contributed by atoms with van der Waals surface area (Å²) in [5.74, 6) is 0. The van der Waals surface area contributed by atoms with Crippen LogP contribution in [0, 0.1) is 0 Å². The topological polar surface area (TPSA) is 33.1 Å². The van der Waals surface area contributed by atoms with Gasteiger partial charge in [0.05, 0.1) is 12.1 Å². The Balaban J connectivity index is 0.000000845. The number of aliphatic hydroxyl groups excluding tert-OH is 1. The molecule has 1 N–H and O–H groups in total. The third-order valence-electron chi connectivity index (χ3n) is 1.83. The SMILES string of the molecule is Cl.OCc1cnc2ccccc2c1. The minimum absolute atomic E-state index is 0. The number of aromatic nitrogens is 1. The normalized spacial score (nSPS) is 9.62. The number of aliphatic hydroxyl groups is 1. The molecule has 0 atom stereocenters. The highest BCUT2D eigenvalue weighted by Crippen LogP contribution is 2.11. The highest BCUT2D eigenvalue weighted by molar-refractivity contribution is 5.85. The van der Waals surface area contributed by atoms with Gasteiger partial charge in [0.1, 0.15) is 0 Å². The number of rotatable bonds is 1. The Bertz CT molecular complexity index is 403. The van der Waals surface area contributed by atoms with Crippen LogP contribution in [0.25, 0.3) is 10.9 Å². The number of fused-ring (bicyclic) bond motifs is 1. The lowest BCUT2D eigenvalue weighted by Gasteiger charge is -1.98. The quantitative estimate of drug-likeness (QED) is 0.757. The molecule has 1 heterocycles. The van der Waals surface area contributed by atoms with Gasteiger partial charge in [-0.1, -0.05) is 18.2 Å². The van der Waals surface area contributed by atoms with Crippen molar-refractivity contribution in [2.75, 3.05) is 0 Å². The number of para-hydroxylation sites is 1. The fourth-order valence-electron chi connectivity index (χ4n) is 1.20. The molecule has 1 aromatic carbocycles. The summed E-state index contributed by atoms with van der Waals surface area (Å²) in [6.07, 6.45) is 1.70. The van der Waals surface area contributed by atoms with Crippen LogP contribution in [0.15, 0.2) is 36.5 Å². The Labute approximate surface area is 82.6 Å². The predicted octanol–water partition coefficient (Wildman–Crippen LogP) is 2.15. The van der Waals surface area contributed by atoms with E-state index in [1.807, 2.05) is 30.3 Å². The van der Waals surface area contributed by atoms with Crippen molar-refractivity contribution in [2.24, 2.45) is 0 Å². The van der Waals surface area contributed by atoms with Crippen molar-refractivity contribution in [3.05, 3.63) is 42.1 Å². The minimum atomic E-state index is 0. The Morgan fingerprint density at radius 3 is 2.77 bits per heavy atom. The first-order chi connectivity index (χ1) is 5.90. The zero-order valence-corrected chi connectivity index (χ0v) is 7.79. The van der Waals surface area contributed by atoms with Gasteiger partial charge in [-0.05, 0) is 17.7 Å². The van der Waals surface area contributed by atoms with Crippen LogP contribution in [0.2, 0.25) is 0 Å². The van der Waals surface area contributed by atoms with E-state index in [9.17, 15) is 0 Å². The molecule has 2 rings (SSSR count). The molecule has 0 spiro atoms. The lowest BCUT2D eigenvalue weighted by molar-refractivity contribution is 0.281. The summed E-state index contributed by atoms with van der Waals surface area (Å²) in [5.41, 5.74) is 1.82. The average Bonchev–Trinajstić information content (AvgIpc) is 2.17. The summed E-state index contributed by atoms with van der Waals surface area (Å²) in [6.45, 7) is 0.0534. The fraction of sp³-hybridized carbons (Fsp3) is 0.100. The van der Waals surface area contributed by atoms with Crippen molar-refractivity contribution in [1.29, 1.82) is 0 Å². The van der Waals surface area contributed by atoms with Gasteiger partial charge in [-0.15, -0.1) is 12.4 Å². The minimum Gasteiger partial charge on any atom is -0.392 e. The van der Waals surface area contributed by atoms with E-state index in [-0.39, 0.29) is 19.0 Å². The maximum Gasteiger partial charge on any atom is 0.0702 e. The number of hydrogen-bond acceptors (Lipinski definition) is 2. The summed E-state index contributed by atoms with van der Waals surface area (Å²) in [6, 6.07) is 9.80. The van der Waals surface area contributed by atoms with Crippen molar-refractivity contribution in [3.8, 4) is 0 Å². The first-order valence-corrected chi connectivity index (χ1v) is 3.84. The van der Waals surface area contributed by atoms with Crippen molar-refractivity contribution in [2.45, 2.75) is 6.61 Å². The molecule has 68 valence electrons. The van der Waals surface area contributed by atoms with E-state index in [1.165, 1.54) is 0 Å². The lowest BCUT2D eigenvalue weighted by Crippen LogP contribution is -1.85.